The molecule has 2 nitrogen and oxygen atoms in total. The quantitative estimate of drug-likeness (QED) is 0.162. The summed E-state index contributed by atoms with van der Waals surface area (Å²) in [4.78, 5) is 5.03. The Kier molecular flexibility index (Phi) is 10.4. The van der Waals surface area contributed by atoms with Crippen molar-refractivity contribution in [2.75, 3.05) is 9.80 Å². The topological polar surface area (TPSA) is 6.48 Å². The van der Waals surface area contributed by atoms with Crippen molar-refractivity contribution in [3.63, 3.8) is 0 Å². The first kappa shape index (κ1) is 50.7. The van der Waals surface area contributed by atoms with E-state index in [4.69, 9.17) is 0 Å². The van der Waals surface area contributed by atoms with E-state index in [9.17, 15) is 0 Å². The van der Waals surface area contributed by atoms with Gasteiger partial charge in [-0.2, -0.15) is 0 Å². The second-order valence-corrected chi connectivity index (χ2v) is 27.8. The van der Waals surface area contributed by atoms with E-state index >= 15 is 0 Å². The normalized spacial score (nSPS) is 16.1. The van der Waals surface area contributed by atoms with Gasteiger partial charge in [0.2, 0.25) is 0 Å². The summed E-state index contributed by atoms with van der Waals surface area (Å²) in [6, 6.07) is 86.4. The van der Waals surface area contributed by atoms with Crippen LogP contribution in [0.4, 0.5) is 34.1 Å². The molecule has 0 fully saturated rings. The van der Waals surface area contributed by atoms with Crippen LogP contribution in [0.5, 0.6) is 0 Å². The zero-order chi connectivity index (χ0) is 57.6. The van der Waals surface area contributed by atoms with Crippen molar-refractivity contribution < 1.29 is 0 Å². The summed E-state index contributed by atoms with van der Waals surface area (Å²) in [6.07, 6.45) is 0. The minimum absolute atomic E-state index is 0.0807. The minimum Gasteiger partial charge on any atom is -0.310 e. The van der Waals surface area contributed by atoms with Crippen molar-refractivity contribution >= 4 is 66.4 Å². The Bertz CT molecular complexity index is 4820. The smallest absolute Gasteiger partial charge is 0.0509 e. The molecule has 12 aromatic rings. The summed E-state index contributed by atoms with van der Waals surface area (Å²) in [5, 5.41) is 7.57. The van der Waals surface area contributed by atoms with Crippen LogP contribution in [0.1, 0.15) is 126 Å². The first-order valence-corrected chi connectivity index (χ1v) is 30.3. The fourth-order valence-electron chi connectivity index (χ4n) is 15.6. The Hall–Kier alpha value is -8.98. The number of nitrogens with zero attached hydrogens (tertiary/aromatic N) is 2. The predicted octanol–water partition coefficient (Wildman–Crippen LogP) is 22.6. The fourth-order valence-corrected chi connectivity index (χ4v) is 15.6. The molecule has 0 saturated heterocycles. The zero-order valence-electron chi connectivity index (χ0n) is 50.3. The largest absolute Gasteiger partial charge is 0.310 e. The lowest BCUT2D eigenvalue weighted by Gasteiger charge is -2.43. The number of anilines is 6. The van der Waals surface area contributed by atoms with Crippen LogP contribution in [0.2, 0.25) is 0 Å². The molecule has 2 heterocycles. The van der Waals surface area contributed by atoms with Gasteiger partial charge in [0.25, 0.3) is 0 Å². The molecule has 0 bridgehead atoms. The Morgan fingerprint density at radius 2 is 0.679 bits per heavy atom. The van der Waals surface area contributed by atoms with Crippen molar-refractivity contribution in [2.45, 2.75) is 103 Å². The highest BCUT2D eigenvalue weighted by Gasteiger charge is 2.45. The highest BCUT2D eigenvalue weighted by Crippen LogP contribution is 2.60. The maximum Gasteiger partial charge on any atom is 0.0509 e. The molecule has 12 aromatic carbocycles. The monoisotopic (exact) mass is 1080 g/mol. The molecule has 84 heavy (non-hydrogen) atoms. The lowest BCUT2D eigenvalue weighted by Crippen LogP contribution is -2.31. The molecule has 16 rings (SSSR count). The van der Waals surface area contributed by atoms with Crippen molar-refractivity contribution in [3.05, 3.63) is 275 Å². The molecule has 0 radical (unpaired) electrons. The molecule has 0 aromatic heterocycles. The van der Waals surface area contributed by atoms with E-state index in [1.54, 1.807) is 0 Å². The molecule has 0 N–H and O–H groups in total. The summed E-state index contributed by atoms with van der Waals surface area (Å²) in [6.45, 7) is 26.2. The van der Waals surface area contributed by atoms with E-state index < -0.39 is 0 Å². The molecule has 408 valence electrons. The fraction of sp³-hybridized carbons (Fsp3) is 0.195. The number of para-hydroxylation sites is 2. The Balaban J connectivity index is 0.722. The molecule has 4 aliphatic rings. The molecule has 0 spiro atoms. The van der Waals surface area contributed by atoms with Gasteiger partial charge in [-0.05, 0) is 211 Å². The van der Waals surface area contributed by atoms with Crippen LogP contribution in [0, 0.1) is 0 Å². The van der Waals surface area contributed by atoms with E-state index in [0.717, 1.165) is 0 Å². The number of rotatable bonds is 4. The molecular formula is C82H70N2. The van der Waals surface area contributed by atoms with Crippen LogP contribution in [0.3, 0.4) is 0 Å². The Morgan fingerprint density at radius 3 is 1.25 bits per heavy atom. The van der Waals surface area contributed by atoms with Crippen LogP contribution in [-0.2, 0) is 27.1 Å². The lowest BCUT2D eigenvalue weighted by molar-refractivity contribution is 0.590. The Labute approximate surface area is 495 Å². The van der Waals surface area contributed by atoms with Gasteiger partial charge in [-0.3, -0.25) is 0 Å². The number of benzene rings is 12. The van der Waals surface area contributed by atoms with Crippen LogP contribution in [-0.4, -0.2) is 0 Å². The maximum absolute atomic E-state index is 2.56. The van der Waals surface area contributed by atoms with Crippen molar-refractivity contribution in [3.8, 4) is 44.5 Å². The minimum atomic E-state index is -0.208. The van der Waals surface area contributed by atoms with Gasteiger partial charge < -0.3 is 9.80 Å². The number of fused-ring (bicyclic) bond motifs is 14. The third-order valence-corrected chi connectivity index (χ3v) is 20.5. The standard InChI is InChI=1S/C82H70N2/c1-78(2,3)57-31-34-58(35-32-57)83-74-22-16-14-20-66(74)80(6,7)73-47-70-65(46-76(73)83)63-39-30-54(44-69(63)81(70,8)9)52-28-37-61-56(41-52)25-24-55-40-51(27-36-60(55)61)53-29-38-62-64-45-72-77(48-71(64)82(10,11)68(62)43-53)84(75-23-17-15-21-67(75)79(72,4)5)59-33-26-49-18-12-13-19-50(49)42-59/h12-48H,1-11H3. The summed E-state index contributed by atoms with van der Waals surface area (Å²) >= 11 is 0. The third-order valence-electron chi connectivity index (χ3n) is 20.5. The maximum atomic E-state index is 2.56. The van der Waals surface area contributed by atoms with E-state index in [1.165, 1.54) is 161 Å². The van der Waals surface area contributed by atoms with Crippen molar-refractivity contribution in [2.24, 2.45) is 0 Å². The first-order chi connectivity index (χ1) is 40.3. The first-order valence-electron chi connectivity index (χ1n) is 30.3. The van der Waals surface area contributed by atoms with Gasteiger partial charge in [-0.25, -0.2) is 0 Å². The highest BCUT2D eigenvalue weighted by atomic mass is 15.2. The molecule has 0 atom stereocenters. The van der Waals surface area contributed by atoms with Gasteiger partial charge in [0, 0.05) is 33.0 Å². The number of hydrogen-bond acceptors (Lipinski definition) is 2. The average molecular weight is 1080 g/mol. The average Bonchev–Trinajstić information content (AvgIpc) is 1.60. The van der Waals surface area contributed by atoms with Crippen molar-refractivity contribution in [1.29, 1.82) is 0 Å². The van der Waals surface area contributed by atoms with Gasteiger partial charge in [-0.1, -0.05) is 222 Å². The third kappa shape index (κ3) is 7.16. The van der Waals surface area contributed by atoms with Gasteiger partial charge in [-0.15, -0.1) is 0 Å². The van der Waals surface area contributed by atoms with Gasteiger partial charge in [0.1, 0.15) is 0 Å². The molecule has 2 aliphatic carbocycles. The second kappa shape index (κ2) is 17.3. The summed E-state index contributed by atoms with van der Waals surface area (Å²) < 4.78 is 0. The van der Waals surface area contributed by atoms with E-state index in [0.29, 0.717) is 0 Å². The molecule has 0 unspecified atom stereocenters. The van der Waals surface area contributed by atoms with Crippen molar-refractivity contribution in [1.82, 2.24) is 0 Å². The van der Waals surface area contributed by atoms with Gasteiger partial charge in [0.05, 0.1) is 22.7 Å². The SMILES string of the molecule is CC(C)(C)c1ccc(N2c3ccccc3C(C)(C)c3cc4c(cc32)-c2ccc(-c3ccc5c(ccc6cc(-c7ccc8c(c7)C(C)(C)c7cc9c(cc7-8)C(C)(C)c7ccccc7N9c7ccc8ccccc8c7)ccc65)c3)cc2C4(C)C)cc1. The van der Waals surface area contributed by atoms with Gasteiger partial charge >= 0.3 is 0 Å². The molecule has 2 aliphatic heterocycles. The summed E-state index contributed by atoms with van der Waals surface area (Å²) in [7, 11) is 0. The van der Waals surface area contributed by atoms with E-state index in [-0.39, 0.29) is 27.1 Å². The molecule has 0 saturated carbocycles. The van der Waals surface area contributed by atoms with E-state index in [1.807, 2.05) is 0 Å². The van der Waals surface area contributed by atoms with Crippen LogP contribution in [0.15, 0.2) is 224 Å². The second-order valence-electron chi connectivity index (χ2n) is 27.8. The van der Waals surface area contributed by atoms with E-state index in [2.05, 4.69) is 310 Å². The van der Waals surface area contributed by atoms with Crippen LogP contribution >= 0.6 is 0 Å². The van der Waals surface area contributed by atoms with Gasteiger partial charge in [0.15, 0.2) is 0 Å². The van der Waals surface area contributed by atoms with Crippen LogP contribution < -0.4 is 9.80 Å². The summed E-state index contributed by atoms with van der Waals surface area (Å²) in [5.74, 6) is 0. The van der Waals surface area contributed by atoms with Crippen LogP contribution in [0.25, 0.3) is 76.8 Å². The molecule has 2 heteroatoms. The molecular weight excluding hydrogens is 1010 g/mol. The summed E-state index contributed by atoms with van der Waals surface area (Å²) in [5.41, 5.74) is 29.4. The predicted molar refractivity (Wildman–Crippen MR) is 357 cm³/mol. The zero-order valence-corrected chi connectivity index (χ0v) is 50.3. The highest BCUT2D eigenvalue weighted by molar-refractivity contribution is 6.10. The molecule has 0 amide bonds. The number of hydrogen-bond donors (Lipinski definition) is 0. The Morgan fingerprint density at radius 1 is 0.262 bits per heavy atom. The lowest BCUT2D eigenvalue weighted by atomic mass is 9.71.